The van der Waals surface area contributed by atoms with Gasteiger partial charge in [0.25, 0.3) is 0 Å². The molecule has 0 bridgehead atoms. The number of primary amides is 1. The maximum absolute atomic E-state index is 11.3. The van der Waals surface area contributed by atoms with Crippen LogP contribution in [0.5, 0.6) is 5.75 Å². The van der Waals surface area contributed by atoms with Gasteiger partial charge in [-0.05, 0) is 24.1 Å². The van der Waals surface area contributed by atoms with Crippen molar-refractivity contribution in [3.05, 3.63) is 29.8 Å². The molecule has 0 fully saturated rings. The Hall–Kier alpha value is -1.59. The van der Waals surface area contributed by atoms with Gasteiger partial charge < -0.3 is 20.5 Å². The van der Waals surface area contributed by atoms with Crippen LogP contribution in [0.15, 0.2) is 24.3 Å². The van der Waals surface area contributed by atoms with Gasteiger partial charge in [0.1, 0.15) is 18.4 Å². The molecule has 1 rings (SSSR count). The van der Waals surface area contributed by atoms with Crippen molar-refractivity contribution >= 4 is 5.91 Å². The van der Waals surface area contributed by atoms with Gasteiger partial charge in [-0.1, -0.05) is 26.0 Å². The highest BCUT2D eigenvalue weighted by molar-refractivity contribution is 5.80. The summed E-state index contributed by atoms with van der Waals surface area (Å²) in [6.45, 7) is 4.84. The summed E-state index contributed by atoms with van der Waals surface area (Å²) in [7, 11) is 1.68. The van der Waals surface area contributed by atoms with Gasteiger partial charge >= 0.3 is 0 Å². The second-order valence-corrected chi connectivity index (χ2v) is 4.97. The van der Waals surface area contributed by atoms with Crippen molar-refractivity contribution in [2.45, 2.75) is 32.4 Å². The van der Waals surface area contributed by atoms with E-state index in [9.17, 15) is 4.79 Å². The molecule has 0 aromatic heterocycles. The van der Waals surface area contributed by atoms with E-state index in [-0.39, 0.29) is 12.6 Å². The van der Waals surface area contributed by atoms with E-state index in [4.69, 9.17) is 15.2 Å². The molecule has 1 atom stereocenters. The van der Waals surface area contributed by atoms with Crippen LogP contribution in [0.25, 0.3) is 0 Å². The third-order valence-electron chi connectivity index (χ3n) is 2.81. The normalized spacial score (nSPS) is 12.4. The van der Waals surface area contributed by atoms with E-state index in [1.165, 1.54) is 5.56 Å². The first-order valence-corrected chi connectivity index (χ1v) is 6.79. The molecule has 3 N–H and O–H groups in total. The zero-order chi connectivity index (χ0) is 15.0. The number of amides is 1. The topological polar surface area (TPSA) is 73.6 Å². The van der Waals surface area contributed by atoms with Crippen molar-refractivity contribution in [2.75, 3.05) is 20.3 Å². The number of hydrogen-bond donors (Lipinski definition) is 2. The molecule has 20 heavy (non-hydrogen) atoms. The lowest BCUT2D eigenvalue weighted by Crippen LogP contribution is -2.48. The van der Waals surface area contributed by atoms with E-state index in [1.807, 2.05) is 38.1 Å². The van der Waals surface area contributed by atoms with Crippen molar-refractivity contribution in [2.24, 2.45) is 5.73 Å². The summed E-state index contributed by atoms with van der Waals surface area (Å²) in [5.41, 5.74) is 6.52. The van der Waals surface area contributed by atoms with Crippen LogP contribution in [0.4, 0.5) is 0 Å². The molecular formula is C15H24N2O3. The number of nitrogens with two attached hydrogens (primary N) is 1. The molecule has 0 spiro atoms. The molecule has 0 heterocycles. The summed E-state index contributed by atoms with van der Waals surface area (Å²) in [5, 5.41) is 3.07. The van der Waals surface area contributed by atoms with Crippen LogP contribution in [0, 0.1) is 0 Å². The Morgan fingerprint density at radius 3 is 2.45 bits per heavy atom. The summed E-state index contributed by atoms with van der Waals surface area (Å²) >= 11 is 0. The fraction of sp³-hybridized carbons (Fsp3) is 0.533. The molecule has 5 nitrogen and oxygen atoms in total. The first-order chi connectivity index (χ1) is 9.52. The standard InChI is InChI=1S/C15H24N2O3/c1-11(2)17-14(15(16)18)10-20-13-6-4-12(5-7-13)8-9-19-3/h4-7,11,14,17H,8-10H2,1-3H3,(H2,16,18). The Labute approximate surface area is 120 Å². The van der Waals surface area contributed by atoms with E-state index in [1.54, 1.807) is 7.11 Å². The minimum atomic E-state index is -0.483. The van der Waals surface area contributed by atoms with Gasteiger partial charge in [0.2, 0.25) is 5.91 Å². The number of nitrogens with one attached hydrogen (secondary N) is 1. The molecule has 112 valence electrons. The van der Waals surface area contributed by atoms with Crippen LogP contribution in [0.2, 0.25) is 0 Å². The monoisotopic (exact) mass is 280 g/mol. The minimum Gasteiger partial charge on any atom is -0.491 e. The Bertz CT molecular complexity index is 404. The number of rotatable bonds is 9. The predicted molar refractivity (Wildman–Crippen MR) is 78.8 cm³/mol. The maximum Gasteiger partial charge on any atom is 0.238 e. The second-order valence-electron chi connectivity index (χ2n) is 4.97. The SMILES string of the molecule is COCCc1ccc(OCC(NC(C)C)C(N)=O)cc1. The predicted octanol–water partition coefficient (Wildman–Crippen LogP) is 1.11. The third kappa shape index (κ3) is 6.04. The first-order valence-electron chi connectivity index (χ1n) is 6.79. The molecule has 5 heteroatoms. The van der Waals surface area contributed by atoms with Gasteiger partial charge in [-0.2, -0.15) is 0 Å². The quantitative estimate of drug-likeness (QED) is 0.710. The van der Waals surface area contributed by atoms with Crippen LogP contribution in [-0.2, 0) is 16.0 Å². The van der Waals surface area contributed by atoms with Crippen molar-refractivity contribution in [3.8, 4) is 5.75 Å². The van der Waals surface area contributed by atoms with Gasteiger partial charge in [0.15, 0.2) is 0 Å². The summed E-state index contributed by atoms with van der Waals surface area (Å²) in [6, 6.07) is 7.44. The lowest BCUT2D eigenvalue weighted by Gasteiger charge is -2.18. The van der Waals surface area contributed by atoms with Crippen molar-refractivity contribution in [3.63, 3.8) is 0 Å². The zero-order valence-electron chi connectivity index (χ0n) is 12.4. The molecule has 1 unspecified atom stereocenters. The van der Waals surface area contributed by atoms with E-state index < -0.39 is 11.9 Å². The summed E-state index contributed by atoms with van der Waals surface area (Å²) in [4.78, 5) is 11.3. The lowest BCUT2D eigenvalue weighted by molar-refractivity contribution is -0.120. The highest BCUT2D eigenvalue weighted by Crippen LogP contribution is 2.13. The fourth-order valence-electron chi connectivity index (χ4n) is 1.77. The molecule has 0 aliphatic rings. The number of benzene rings is 1. The Balaban J connectivity index is 2.49. The van der Waals surface area contributed by atoms with Gasteiger partial charge in [-0.25, -0.2) is 0 Å². The van der Waals surface area contributed by atoms with Crippen LogP contribution in [0.3, 0.4) is 0 Å². The van der Waals surface area contributed by atoms with Gasteiger partial charge in [-0.15, -0.1) is 0 Å². The molecule has 0 aliphatic carbocycles. The second kappa shape index (κ2) is 8.55. The number of methoxy groups -OCH3 is 1. The molecule has 0 saturated heterocycles. The molecular weight excluding hydrogens is 256 g/mol. The van der Waals surface area contributed by atoms with Crippen molar-refractivity contribution in [1.82, 2.24) is 5.32 Å². The zero-order valence-corrected chi connectivity index (χ0v) is 12.4. The van der Waals surface area contributed by atoms with Gasteiger partial charge in [0, 0.05) is 13.2 Å². The van der Waals surface area contributed by atoms with Crippen LogP contribution >= 0.6 is 0 Å². The van der Waals surface area contributed by atoms with Crippen molar-refractivity contribution in [1.29, 1.82) is 0 Å². The summed E-state index contributed by atoms with van der Waals surface area (Å²) in [5.74, 6) is 0.318. The average Bonchev–Trinajstić information content (AvgIpc) is 2.41. The Kier molecular flexibility index (Phi) is 7.04. The lowest BCUT2D eigenvalue weighted by atomic mass is 10.1. The average molecular weight is 280 g/mol. The summed E-state index contributed by atoms with van der Waals surface area (Å²) in [6.07, 6.45) is 0.871. The first kappa shape index (κ1) is 16.5. The molecule has 1 aromatic rings. The smallest absolute Gasteiger partial charge is 0.238 e. The molecule has 0 radical (unpaired) electrons. The van der Waals surface area contributed by atoms with Crippen LogP contribution < -0.4 is 15.8 Å². The number of carbonyl (C=O) groups is 1. The molecule has 1 amide bonds. The van der Waals surface area contributed by atoms with E-state index in [2.05, 4.69) is 5.32 Å². The third-order valence-corrected chi connectivity index (χ3v) is 2.81. The van der Waals surface area contributed by atoms with Crippen LogP contribution in [-0.4, -0.2) is 38.3 Å². The van der Waals surface area contributed by atoms with Gasteiger partial charge in [-0.3, -0.25) is 4.79 Å². The maximum atomic E-state index is 11.3. The van der Waals surface area contributed by atoms with E-state index in [0.717, 1.165) is 12.2 Å². The Morgan fingerprint density at radius 1 is 1.30 bits per heavy atom. The summed E-state index contributed by atoms with van der Waals surface area (Å²) < 4.78 is 10.6. The van der Waals surface area contributed by atoms with Crippen molar-refractivity contribution < 1.29 is 14.3 Å². The molecule has 1 aromatic carbocycles. The van der Waals surface area contributed by atoms with E-state index >= 15 is 0 Å². The van der Waals surface area contributed by atoms with Gasteiger partial charge in [0.05, 0.1) is 6.61 Å². The number of hydrogen-bond acceptors (Lipinski definition) is 4. The molecule has 0 aliphatic heterocycles. The van der Waals surface area contributed by atoms with Crippen LogP contribution in [0.1, 0.15) is 19.4 Å². The fourth-order valence-corrected chi connectivity index (χ4v) is 1.77. The van der Waals surface area contributed by atoms with E-state index in [0.29, 0.717) is 6.61 Å². The minimum absolute atomic E-state index is 0.174. The highest BCUT2D eigenvalue weighted by atomic mass is 16.5. The number of ether oxygens (including phenoxy) is 2. The molecule has 0 saturated carbocycles. The highest BCUT2D eigenvalue weighted by Gasteiger charge is 2.16. The largest absolute Gasteiger partial charge is 0.491 e. The Morgan fingerprint density at radius 2 is 1.95 bits per heavy atom. The number of carbonyl (C=O) groups excluding carboxylic acids is 1.